The zero-order valence-electron chi connectivity index (χ0n) is 13.4. The standard InChI is InChI=1S/C16H27N3O2/c1-4-16(12-20)7-6-8-19(11-16)15-9-13(3)17-14(18-15)10-21-5-2/h9,20H,4-8,10-12H2,1-3H3. The van der Waals surface area contributed by atoms with Gasteiger partial charge in [0.05, 0.1) is 6.61 Å². The summed E-state index contributed by atoms with van der Waals surface area (Å²) >= 11 is 0. The number of aliphatic hydroxyl groups excluding tert-OH is 1. The highest BCUT2D eigenvalue weighted by Crippen LogP contribution is 2.34. The predicted molar refractivity (Wildman–Crippen MR) is 83.4 cm³/mol. The second-order valence-electron chi connectivity index (χ2n) is 5.96. The quantitative estimate of drug-likeness (QED) is 0.872. The van der Waals surface area contributed by atoms with Crippen molar-refractivity contribution in [1.29, 1.82) is 0 Å². The molecular formula is C16H27N3O2. The number of aryl methyl sites for hydroxylation is 1. The van der Waals surface area contributed by atoms with Crippen LogP contribution in [0, 0.1) is 12.3 Å². The number of piperidine rings is 1. The summed E-state index contributed by atoms with van der Waals surface area (Å²) in [5, 5.41) is 9.75. The molecule has 1 aromatic rings. The van der Waals surface area contributed by atoms with Gasteiger partial charge in [-0.15, -0.1) is 0 Å². The van der Waals surface area contributed by atoms with Gasteiger partial charge >= 0.3 is 0 Å². The van der Waals surface area contributed by atoms with Crippen LogP contribution in [0.25, 0.3) is 0 Å². The van der Waals surface area contributed by atoms with E-state index >= 15 is 0 Å². The molecule has 1 N–H and O–H groups in total. The number of ether oxygens (including phenoxy) is 1. The molecule has 1 atom stereocenters. The van der Waals surface area contributed by atoms with E-state index < -0.39 is 0 Å². The molecule has 5 heteroatoms. The van der Waals surface area contributed by atoms with Crippen molar-refractivity contribution < 1.29 is 9.84 Å². The maximum atomic E-state index is 9.75. The second kappa shape index (κ2) is 7.18. The highest BCUT2D eigenvalue weighted by atomic mass is 16.5. The van der Waals surface area contributed by atoms with Crippen LogP contribution in [0.1, 0.15) is 44.6 Å². The molecule has 5 nitrogen and oxygen atoms in total. The smallest absolute Gasteiger partial charge is 0.156 e. The second-order valence-corrected chi connectivity index (χ2v) is 5.96. The molecule has 0 aromatic carbocycles. The van der Waals surface area contributed by atoms with Crippen LogP contribution in [-0.4, -0.2) is 41.4 Å². The minimum Gasteiger partial charge on any atom is -0.396 e. The molecule has 2 rings (SSSR count). The lowest BCUT2D eigenvalue weighted by Crippen LogP contribution is -2.45. The maximum Gasteiger partial charge on any atom is 0.156 e. The molecule has 0 bridgehead atoms. The maximum absolute atomic E-state index is 9.75. The highest BCUT2D eigenvalue weighted by Gasteiger charge is 2.34. The molecule has 118 valence electrons. The van der Waals surface area contributed by atoms with Gasteiger partial charge in [-0.2, -0.15) is 0 Å². The van der Waals surface area contributed by atoms with Gasteiger partial charge in [0.25, 0.3) is 0 Å². The van der Waals surface area contributed by atoms with Gasteiger partial charge < -0.3 is 14.7 Å². The number of anilines is 1. The van der Waals surface area contributed by atoms with Crippen molar-refractivity contribution in [2.75, 3.05) is 31.2 Å². The third kappa shape index (κ3) is 3.92. The highest BCUT2D eigenvalue weighted by molar-refractivity contribution is 5.40. The number of aromatic nitrogens is 2. The summed E-state index contributed by atoms with van der Waals surface area (Å²) in [6.45, 7) is 9.35. The van der Waals surface area contributed by atoms with Crippen LogP contribution in [-0.2, 0) is 11.3 Å². The largest absolute Gasteiger partial charge is 0.396 e. The zero-order valence-corrected chi connectivity index (χ0v) is 13.4. The first kappa shape index (κ1) is 16.2. The van der Waals surface area contributed by atoms with E-state index in [1.165, 1.54) is 0 Å². The lowest BCUT2D eigenvalue weighted by molar-refractivity contribution is 0.101. The summed E-state index contributed by atoms with van der Waals surface area (Å²) in [6, 6.07) is 2.03. The Morgan fingerprint density at radius 2 is 2.19 bits per heavy atom. The van der Waals surface area contributed by atoms with Crippen molar-refractivity contribution in [2.45, 2.75) is 46.6 Å². The summed E-state index contributed by atoms with van der Waals surface area (Å²) in [6.07, 6.45) is 3.18. The molecule has 0 radical (unpaired) electrons. The third-order valence-corrected chi connectivity index (χ3v) is 4.39. The first-order chi connectivity index (χ1) is 10.1. The molecule has 0 amide bonds. The molecule has 2 heterocycles. The van der Waals surface area contributed by atoms with Crippen LogP contribution in [0.5, 0.6) is 0 Å². The predicted octanol–water partition coefficient (Wildman–Crippen LogP) is 2.31. The van der Waals surface area contributed by atoms with Crippen LogP contribution in [0.2, 0.25) is 0 Å². The molecule has 1 aliphatic rings. The Balaban J connectivity index is 2.18. The minimum absolute atomic E-state index is 0.0111. The average Bonchev–Trinajstić information content (AvgIpc) is 2.52. The van der Waals surface area contributed by atoms with Gasteiger partial charge in [-0.3, -0.25) is 0 Å². The number of rotatable bonds is 6. The van der Waals surface area contributed by atoms with Crippen molar-refractivity contribution in [3.8, 4) is 0 Å². The normalized spacial score (nSPS) is 22.6. The molecule has 0 saturated carbocycles. The first-order valence-electron chi connectivity index (χ1n) is 7.90. The summed E-state index contributed by atoms with van der Waals surface area (Å²) in [7, 11) is 0. The lowest BCUT2D eigenvalue weighted by Gasteiger charge is -2.42. The first-order valence-corrected chi connectivity index (χ1v) is 7.90. The van der Waals surface area contributed by atoms with Crippen molar-refractivity contribution in [3.63, 3.8) is 0 Å². The van der Waals surface area contributed by atoms with Crippen molar-refractivity contribution in [3.05, 3.63) is 17.6 Å². The number of hydrogen-bond donors (Lipinski definition) is 1. The summed E-state index contributed by atoms with van der Waals surface area (Å²) in [5.41, 5.74) is 0.975. The van der Waals surface area contributed by atoms with Crippen molar-refractivity contribution in [1.82, 2.24) is 9.97 Å². The zero-order chi connectivity index (χ0) is 15.3. The topological polar surface area (TPSA) is 58.5 Å². The van der Waals surface area contributed by atoms with Gasteiger partial charge in [-0.1, -0.05) is 6.92 Å². The van der Waals surface area contributed by atoms with E-state index in [4.69, 9.17) is 4.74 Å². The van der Waals surface area contributed by atoms with E-state index in [-0.39, 0.29) is 12.0 Å². The summed E-state index contributed by atoms with van der Waals surface area (Å²) in [5.74, 6) is 1.70. The van der Waals surface area contributed by atoms with Gasteiger partial charge in [0.1, 0.15) is 12.4 Å². The SMILES string of the molecule is CCOCc1nc(C)cc(N2CCCC(CC)(CO)C2)n1. The van der Waals surface area contributed by atoms with E-state index in [1.807, 2.05) is 19.9 Å². The van der Waals surface area contributed by atoms with Crippen molar-refractivity contribution in [2.24, 2.45) is 5.41 Å². The van der Waals surface area contributed by atoms with Crippen LogP contribution < -0.4 is 4.90 Å². The number of hydrogen-bond acceptors (Lipinski definition) is 5. The van der Waals surface area contributed by atoms with Gasteiger partial charge in [0.2, 0.25) is 0 Å². The van der Waals surface area contributed by atoms with Gasteiger partial charge in [0.15, 0.2) is 5.82 Å². The molecule has 21 heavy (non-hydrogen) atoms. The molecule has 0 spiro atoms. The number of aliphatic hydroxyl groups is 1. The fourth-order valence-corrected chi connectivity index (χ4v) is 2.96. The number of nitrogens with zero attached hydrogens (tertiary/aromatic N) is 3. The summed E-state index contributed by atoms with van der Waals surface area (Å²) in [4.78, 5) is 11.4. The average molecular weight is 293 g/mol. The minimum atomic E-state index is 0.0111. The van der Waals surface area contributed by atoms with E-state index in [2.05, 4.69) is 21.8 Å². The van der Waals surface area contributed by atoms with E-state index in [0.29, 0.717) is 13.2 Å². The lowest BCUT2D eigenvalue weighted by atomic mass is 9.78. The van der Waals surface area contributed by atoms with Crippen LogP contribution in [0.3, 0.4) is 0 Å². The van der Waals surface area contributed by atoms with Gasteiger partial charge in [-0.25, -0.2) is 9.97 Å². The Hall–Kier alpha value is -1.20. The molecule has 1 fully saturated rings. The van der Waals surface area contributed by atoms with E-state index in [9.17, 15) is 5.11 Å². The fraction of sp³-hybridized carbons (Fsp3) is 0.750. The van der Waals surface area contributed by atoms with Crippen LogP contribution in [0.15, 0.2) is 6.07 Å². The Morgan fingerprint density at radius 1 is 1.38 bits per heavy atom. The third-order valence-electron chi connectivity index (χ3n) is 4.39. The molecule has 1 aromatic heterocycles. The fourth-order valence-electron chi connectivity index (χ4n) is 2.96. The Labute approximate surface area is 127 Å². The van der Waals surface area contributed by atoms with Crippen LogP contribution >= 0.6 is 0 Å². The molecular weight excluding hydrogens is 266 g/mol. The van der Waals surface area contributed by atoms with E-state index in [0.717, 1.165) is 49.7 Å². The molecule has 1 unspecified atom stereocenters. The Kier molecular flexibility index (Phi) is 5.53. The van der Waals surface area contributed by atoms with Crippen LogP contribution in [0.4, 0.5) is 5.82 Å². The monoisotopic (exact) mass is 293 g/mol. The molecule has 1 aliphatic heterocycles. The van der Waals surface area contributed by atoms with E-state index in [1.54, 1.807) is 0 Å². The van der Waals surface area contributed by atoms with Gasteiger partial charge in [-0.05, 0) is 33.1 Å². The van der Waals surface area contributed by atoms with Crippen molar-refractivity contribution >= 4 is 5.82 Å². The summed E-state index contributed by atoms with van der Waals surface area (Å²) < 4.78 is 5.42. The Bertz CT molecular complexity index is 461. The molecule has 1 saturated heterocycles. The molecule has 0 aliphatic carbocycles. The Morgan fingerprint density at radius 3 is 2.86 bits per heavy atom. The van der Waals surface area contributed by atoms with Gasteiger partial charge in [0, 0.05) is 36.9 Å².